The number of halogens is 3. The number of ether oxygens (including phenoxy) is 1. The Morgan fingerprint density at radius 2 is 1.90 bits per heavy atom. The van der Waals surface area contributed by atoms with Gasteiger partial charge in [0.2, 0.25) is 6.41 Å². The number of benzene rings is 2. The van der Waals surface area contributed by atoms with Crippen LogP contribution in [0.3, 0.4) is 0 Å². The van der Waals surface area contributed by atoms with Gasteiger partial charge in [0.15, 0.2) is 0 Å². The van der Waals surface area contributed by atoms with Crippen molar-refractivity contribution in [3.05, 3.63) is 59.2 Å². The fourth-order valence-corrected chi connectivity index (χ4v) is 3.23. The van der Waals surface area contributed by atoms with Crippen LogP contribution >= 0.6 is 0 Å². The number of hydrogen-bond acceptors (Lipinski definition) is 3. The molecule has 1 fully saturated rings. The number of rotatable bonds is 5. The SMILES string of the molecule is CNCC1CC1.O=CN1CCc2c(cccc2Oc2ccc(C(F)(F)F)cc2)C1. The second-order valence-corrected chi connectivity index (χ2v) is 7.34. The lowest BCUT2D eigenvalue weighted by Crippen LogP contribution is -2.29. The zero-order chi connectivity index (χ0) is 20.9. The largest absolute Gasteiger partial charge is 0.457 e. The van der Waals surface area contributed by atoms with E-state index < -0.39 is 11.7 Å². The molecule has 1 aliphatic carbocycles. The zero-order valence-electron chi connectivity index (χ0n) is 16.3. The number of carbonyl (C=O) groups is 1. The van der Waals surface area contributed by atoms with Gasteiger partial charge in [-0.2, -0.15) is 13.2 Å². The Balaban J connectivity index is 0.000000343. The third-order valence-corrected chi connectivity index (χ3v) is 5.00. The van der Waals surface area contributed by atoms with E-state index in [9.17, 15) is 18.0 Å². The topological polar surface area (TPSA) is 41.6 Å². The molecule has 0 spiro atoms. The Kier molecular flexibility index (Phi) is 6.79. The summed E-state index contributed by atoms with van der Waals surface area (Å²) >= 11 is 0. The Hall–Kier alpha value is -2.54. The van der Waals surface area contributed by atoms with E-state index in [0.29, 0.717) is 31.0 Å². The average Bonchev–Trinajstić information content (AvgIpc) is 3.52. The molecule has 7 heteroatoms. The minimum Gasteiger partial charge on any atom is -0.457 e. The van der Waals surface area contributed by atoms with Crippen LogP contribution in [-0.4, -0.2) is 31.4 Å². The van der Waals surface area contributed by atoms with Gasteiger partial charge in [0.1, 0.15) is 11.5 Å². The minimum absolute atomic E-state index is 0.351. The maximum absolute atomic E-state index is 12.6. The molecule has 1 aliphatic heterocycles. The fourth-order valence-electron chi connectivity index (χ4n) is 3.23. The lowest BCUT2D eigenvalue weighted by molar-refractivity contribution is -0.137. The third-order valence-electron chi connectivity index (χ3n) is 5.00. The molecule has 1 N–H and O–H groups in total. The van der Waals surface area contributed by atoms with E-state index in [1.54, 1.807) is 11.0 Å². The highest BCUT2D eigenvalue weighted by molar-refractivity contribution is 5.51. The molecule has 4 nitrogen and oxygen atoms in total. The van der Waals surface area contributed by atoms with Crippen LogP contribution in [0.4, 0.5) is 13.2 Å². The van der Waals surface area contributed by atoms with E-state index in [4.69, 9.17) is 4.74 Å². The van der Waals surface area contributed by atoms with E-state index in [-0.39, 0.29) is 0 Å². The Bertz CT molecular complexity index is 818. The Morgan fingerprint density at radius 3 is 2.45 bits per heavy atom. The maximum atomic E-state index is 12.6. The molecule has 0 aromatic heterocycles. The van der Waals surface area contributed by atoms with E-state index in [2.05, 4.69) is 5.32 Å². The van der Waals surface area contributed by atoms with Crippen molar-refractivity contribution in [3.8, 4) is 11.5 Å². The van der Waals surface area contributed by atoms with Crippen LogP contribution in [0.1, 0.15) is 29.5 Å². The van der Waals surface area contributed by atoms with Crippen LogP contribution in [0.25, 0.3) is 0 Å². The summed E-state index contributed by atoms with van der Waals surface area (Å²) in [4.78, 5) is 12.5. The fraction of sp³-hybridized carbons (Fsp3) is 0.409. The first-order chi connectivity index (χ1) is 13.9. The molecule has 2 aromatic rings. The van der Waals surface area contributed by atoms with E-state index >= 15 is 0 Å². The normalized spacial score (nSPS) is 15.8. The number of alkyl halides is 3. The number of nitrogens with one attached hydrogen (secondary N) is 1. The molecule has 1 heterocycles. The van der Waals surface area contributed by atoms with Gasteiger partial charge in [0.25, 0.3) is 0 Å². The molecule has 2 aromatic carbocycles. The summed E-state index contributed by atoms with van der Waals surface area (Å²) in [6.45, 7) is 2.35. The summed E-state index contributed by atoms with van der Waals surface area (Å²) in [5, 5.41) is 3.13. The van der Waals surface area contributed by atoms with Gasteiger partial charge in [0, 0.05) is 18.7 Å². The molecule has 0 atom stereocenters. The quantitative estimate of drug-likeness (QED) is 0.737. The standard InChI is InChI=1S/C17H14F3NO2.C5H11N/c18-17(19,20)13-4-6-14(7-5-13)23-16-3-1-2-12-10-21(11-22)9-8-15(12)16;1-6-4-5-2-3-5/h1-7,11H,8-10H2;5-6H,2-4H2,1H3. The van der Waals surface area contributed by atoms with Crippen molar-refractivity contribution in [2.45, 2.75) is 32.0 Å². The highest BCUT2D eigenvalue weighted by Crippen LogP contribution is 2.34. The second kappa shape index (κ2) is 9.31. The maximum Gasteiger partial charge on any atom is 0.416 e. The lowest BCUT2D eigenvalue weighted by atomic mass is 9.99. The van der Waals surface area contributed by atoms with Gasteiger partial charge in [-0.1, -0.05) is 12.1 Å². The van der Waals surface area contributed by atoms with Crippen molar-refractivity contribution in [1.82, 2.24) is 10.2 Å². The molecule has 4 rings (SSSR count). The molecule has 29 heavy (non-hydrogen) atoms. The molecule has 0 radical (unpaired) electrons. The summed E-state index contributed by atoms with van der Waals surface area (Å²) in [5.74, 6) is 2.01. The number of amides is 1. The molecule has 1 saturated carbocycles. The predicted octanol–water partition coefficient (Wildman–Crippen LogP) is 4.63. The van der Waals surface area contributed by atoms with Crippen LogP contribution in [0.2, 0.25) is 0 Å². The molecular formula is C22H25F3N2O2. The van der Waals surface area contributed by atoms with Crippen molar-refractivity contribution in [2.75, 3.05) is 20.1 Å². The van der Waals surface area contributed by atoms with Crippen LogP contribution in [0.15, 0.2) is 42.5 Å². The molecule has 0 bridgehead atoms. The summed E-state index contributed by atoms with van der Waals surface area (Å²) in [6, 6.07) is 10.1. The van der Waals surface area contributed by atoms with Crippen molar-refractivity contribution in [3.63, 3.8) is 0 Å². The summed E-state index contributed by atoms with van der Waals surface area (Å²) < 4.78 is 43.4. The second-order valence-electron chi connectivity index (χ2n) is 7.34. The van der Waals surface area contributed by atoms with Crippen LogP contribution in [0, 0.1) is 5.92 Å². The third kappa shape index (κ3) is 5.97. The summed E-state index contributed by atoms with van der Waals surface area (Å²) in [7, 11) is 2.01. The van der Waals surface area contributed by atoms with Crippen LogP contribution in [-0.2, 0) is 23.9 Å². The van der Waals surface area contributed by atoms with Gasteiger partial charge >= 0.3 is 6.18 Å². The Morgan fingerprint density at radius 1 is 1.17 bits per heavy atom. The van der Waals surface area contributed by atoms with E-state index in [1.165, 1.54) is 31.5 Å². The lowest BCUT2D eigenvalue weighted by Gasteiger charge is -2.26. The summed E-state index contributed by atoms with van der Waals surface area (Å²) in [6.07, 6.45) is 0.0294. The highest BCUT2D eigenvalue weighted by Gasteiger charge is 2.30. The van der Waals surface area contributed by atoms with Gasteiger partial charge in [-0.05, 0) is 74.7 Å². The van der Waals surface area contributed by atoms with Gasteiger partial charge < -0.3 is 15.0 Å². The average molecular weight is 406 g/mol. The highest BCUT2D eigenvalue weighted by atomic mass is 19.4. The first-order valence-electron chi connectivity index (χ1n) is 9.70. The van der Waals surface area contributed by atoms with E-state index in [1.807, 2.05) is 19.2 Å². The summed E-state index contributed by atoms with van der Waals surface area (Å²) in [5.41, 5.74) is 1.28. The number of carbonyl (C=O) groups excluding carboxylic acids is 1. The van der Waals surface area contributed by atoms with Gasteiger partial charge in [-0.3, -0.25) is 4.79 Å². The minimum atomic E-state index is -4.36. The van der Waals surface area contributed by atoms with Crippen molar-refractivity contribution >= 4 is 6.41 Å². The van der Waals surface area contributed by atoms with Crippen LogP contribution in [0.5, 0.6) is 11.5 Å². The van der Waals surface area contributed by atoms with Crippen LogP contribution < -0.4 is 10.1 Å². The zero-order valence-corrected chi connectivity index (χ0v) is 16.3. The molecule has 2 aliphatic rings. The monoisotopic (exact) mass is 406 g/mol. The predicted molar refractivity (Wildman–Crippen MR) is 105 cm³/mol. The van der Waals surface area contributed by atoms with Gasteiger partial charge in [0.05, 0.1) is 5.56 Å². The van der Waals surface area contributed by atoms with Crippen molar-refractivity contribution in [2.24, 2.45) is 5.92 Å². The molecular weight excluding hydrogens is 381 g/mol. The number of hydrogen-bond donors (Lipinski definition) is 1. The van der Waals surface area contributed by atoms with Crippen molar-refractivity contribution < 1.29 is 22.7 Å². The van der Waals surface area contributed by atoms with Crippen molar-refractivity contribution in [1.29, 1.82) is 0 Å². The first-order valence-corrected chi connectivity index (χ1v) is 9.70. The Labute approximate surface area is 168 Å². The molecule has 1 amide bonds. The smallest absolute Gasteiger partial charge is 0.416 e. The van der Waals surface area contributed by atoms with Gasteiger partial charge in [-0.25, -0.2) is 0 Å². The number of nitrogens with zero attached hydrogens (tertiary/aromatic N) is 1. The number of fused-ring (bicyclic) bond motifs is 1. The molecule has 0 unspecified atom stereocenters. The van der Waals surface area contributed by atoms with E-state index in [0.717, 1.165) is 35.6 Å². The molecule has 0 saturated heterocycles. The van der Waals surface area contributed by atoms with Gasteiger partial charge in [-0.15, -0.1) is 0 Å². The first kappa shape index (κ1) is 21.2. The molecule has 156 valence electrons.